The summed E-state index contributed by atoms with van der Waals surface area (Å²) in [6.45, 7) is 0. The molecule has 1 heterocycles. The van der Waals surface area contributed by atoms with Gasteiger partial charge in [0.2, 0.25) is 0 Å². The maximum absolute atomic E-state index is 14.0. The van der Waals surface area contributed by atoms with E-state index in [1.54, 1.807) is 12.1 Å². The van der Waals surface area contributed by atoms with Crippen molar-refractivity contribution in [1.29, 1.82) is 0 Å². The standard InChI is InChI=1S/C16H15BrFN3/c17-11-5-3-4-10(8-11)14-9-15(21-16(19)20-14)12-6-1-2-7-13(12)18/h1-8,14-15H,9H2,(H3,19,20,21). The second-order valence-electron chi connectivity index (χ2n) is 5.04. The van der Waals surface area contributed by atoms with E-state index in [0.29, 0.717) is 17.9 Å². The van der Waals surface area contributed by atoms with E-state index < -0.39 is 0 Å². The van der Waals surface area contributed by atoms with Gasteiger partial charge in [-0.15, -0.1) is 0 Å². The molecule has 0 aromatic heterocycles. The Labute approximate surface area is 131 Å². The summed E-state index contributed by atoms with van der Waals surface area (Å²) in [6, 6.07) is 14.5. The van der Waals surface area contributed by atoms with Crippen LogP contribution in [0, 0.1) is 5.82 Å². The number of nitrogens with one attached hydrogen (secondary N) is 1. The molecule has 3 rings (SSSR count). The molecule has 21 heavy (non-hydrogen) atoms. The van der Waals surface area contributed by atoms with Crippen LogP contribution in [-0.4, -0.2) is 5.96 Å². The highest BCUT2D eigenvalue weighted by molar-refractivity contribution is 9.10. The van der Waals surface area contributed by atoms with E-state index in [-0.39, 0.29) is 17.9 Å². The van der Waals surface area contributed by atoms with Gasteiger partial charge in [-0.25, -0.2) is 9.38 Å². The Morgan fingerprint density at radius 1 is 1.19 bits per heavy atom. The van der Waals surface area contributed by atoms with Crippen LogP contribution in [0.1, 0.15) is 29.6 Å². The molecule has 0 fully saturated rings. The predicted molar refractivity (Wildman–Crippen MR) is 85.4 cm³/mol. The summed E-state index contributed by atoms with van der Waals surface area (Å²) in [5.74, 6) is 0.122. The van der Waals surface area contributed by atoms with E-state index in [2.05, 4.69) is 26.2 Å². The molecule has 0 radical (unpaired) electrons. The van der Waals surface area contributed by atoms with Gasteiger partial charge in [0.1, 0.15) is 5.82 Å². The van der Waals surface area contributed by atoms with Crippen molar-refractivity contribution in [1.82, 2.24) is 5.32 Å². The maximum atomic E-state index is 14.0. The third kappa shape index (κ3) is 3.08. The molecule has 108 valence electrons. The van der Waals surface area contributed by atoms with Crippen LogP contribution in [0.25, 0.3) is 0 Å². The van der Waals surface area contributed by atoms with Gasteiger partial charge in [0.15, 0.2) is 5.96 Å². The zero-order valence-corrected chi connectivity index (χ0v) is 12.8. The summed E-state index contributed by atoms with van der Waals surface area (Å²) in [6.07, 6.45) is 0.665. The molecular formula is C16H15BrFN3. The van der Waals surface area contributed by atoms with Gasteiger partial charge in [0.05, 0.1) is 12.1 Å². The molecule has 0 amide bonds. The van der Waals surface area contributed by atoms with Gasteiger partial charge in [-0.1, -0.05) is 46.3 Å². The number of nitrogens with zero attached hydrogens (tertiary/aromatic N) is 1. The highest BCUT2D eigenvalue weighted by atomic mass is 79.9. The average molecular weight is 348 g/mol. The molecule has 3 nitrogen and oxygen atoms in total. The molecule has 1 aliphatic heterocycles. The Kier molecular flexibility index (Phi) is 3.92. The Bertz CT molecular complexity index is 687. The molecular weight excluding hydrogens is 333 g/mol. The zero-order valence-electron chi connectivity index (χ0n) is 11.3. The van der Waals surface area contributed by atoms with Gasteiger partial charge in [-0.05, 0) is 30.2 Å². The number of rotatable bonds is 2. The lowest BCUT2D eigenvalue weighted by Gasteiger charge is -2.29. The van der Waals surface area contributed by atoms with Gasteiger partial charge in [-0.3, -0.25) is 0 Å². The minimum Gasteiger partial charge on any atom is -0.370 e. The molecule has 2 atom stereocenters. The SMILES string of the molecule is NC1=NC(c2cccc(Br)c2)CC(c2ccccc2F)N1. The third-order valence-electron chi connectivity index (χ3n) is 3.59. The van der Waals surface area contributed by atoms with E-state index >= 15 is 0 Å². The summed E-state index contributed by atoms with van der Waals surface area (Å²) < 4.78 is 15.0. The number of nitrogens with two attached hydrogens (primary N) is 1. The second kappa shape index (κ2) is 5.85. The number of hydrogen-bond donors (Lipinski definition) is 2. The molecule has 1 aliphatic rings. The van der Waals surface area contributed by atoms with Crippen LogP contribution >= 0.6 is 15.9 Å². The molecule has 2 unspecified atom stereocenters. The number of benzene rings is 2. The monoisotopic (exact) mass is 347 g/mol. The minimum absolute atomic E-state index is 0.0756. The van der Waals surface area contributed by atoms with Crippen LogP contribution in [0.5, 0.6) is 0 Å². The molecule has 0 bridgehead atoms. The Balaban J connectivity index is 1.92. The van der Waals surface area contributed by atoms with Crippen molar-refractivity contribution in [2.24, 2.45) is 10.7 Å². The van der Waals surface area contributed by atoms with Gasteiger partial charge in [0, 0.05) is 10.0 Å². The van der Waals surface area contributed by atoms with Gasteiger partial charge in [-0.2, -0.15) is 0 Å². The predicted octanol–water partition coefficient (Wildman–Crippen LogP) is 3.68. The average Bonchev–Trinajstić information content (AvgIpc) is 2.47. The van der Waals surface area contributed by atoms with Gasteiger partial charge >= 0.3 is 0 Å². The fraction of sp³-hybridized carbons (Fsp3) is 0.188. The third-order valence-corrected chi connectivity index (χ3v) is 4.08. The highest BCUT2D eigenvalue weighted by Crippen LogP contribution is 2.33. The molecule has 0 spiro atoms. The Hall–Kier alpha value is -1.88. The molecule has 0 saturated carbocycles. The lowest BCUT2D eigenvalue weighted by atomic mass is 9.93. The molecule has 5 heteroatoms. The summed E-state index contributed by atoms with van der Waals surface area (Å²) in [4.78, 5) is 4.44. The summed E-state index contributed by atoms with van der Waals surface area (Å²) in [5, 5.41) is 3.06. The first-order valence-corrected chi connectivity index (χ1v) is 7.52. The van der Waals surface area contributed by atoms with Crippen LogP contribution in [0.15, 0.2) is 58.0 Å². The van der Waals surface area contributed by atoms with Crippen LogP contribution in [0.4, 0.5) is 4.39 Å². The van der Waals surface area contributed by atoms with Crippen molar-refractivity contribution in [3.05, 3.63) is 69.9 Å². The summed E-state index contributed by atoms with van der Waals surface area (Å²) in [7, 11) is 0. The first kappa shape index (κ1) is 14.1. The van der Waals surface area contributed by atoms with Gasteiger partial charge in [0.25, 0.3) is 0 Å². The van der Waals surface area contributed by atoms with E-state index in [4.69, 9.17) is 5.73 Å². The van der Waals surface area contributed by atoms with E-state index in [1.807, 2.05) is 30.3 Å². The normalized spacial score (nSPS) is 21.5. The van der Waals surface area contributed by atoms with E-state index in [9.17, 15) is 4.39 Å². The van der Waals surface area contributed by atoms with Crippen LogP contribution in [0.3, 0.4) is 0 Å². The highest BCUT2D eigenvalue weighted by Gasteiger charge is 2.26. The first-order chi connectivity index (χ1) is 10.1. The lowest BCUT2D eigenvalue weighted by Crippen LogP contribution is -2.39. The van der Waals surface area contributed by atoms with Crippen LogP contribution in [0.2, 0.25) is 0 Å². The molecule has 0 saturated heterocycles. The van der Waals surface area contributed by atoms with E-state index in [1.165, 1.54) is 6.07 Å². The largest absolute Gasteiger partial charge is 0.370 e. The molecule has 2 aromatic carbocycles. The number of guanidine groups is 1. The number of halogens is 2. The lowest BCUT2D eigenvalue weighted by molar-refractivity contribution is 0.466. The zero-order chi connectivity index (χ0) is 14.8. The maximum Gasteiger partial charge on any atom is 0.189 e. The first-order valence-electron chi connectivity index (χ1n) is 6.73. The van der Waals surface area contributed by atoms with Crippen molar-refractivity contribution < 1.29 is 4.39 Å². The Morgan fingerprint density at radius 2 is 2.00 bits per heavy atom. The second-order valence-corrected chi connectivity index (χ2v) is 5.95. The fourth-order valence-electron chi connectivity index (χ4n) is 2.61. The number of aliphatic imine (C=N–C) groups is 1. The quantitative estimate of drug-likeness (QED) is 0.870. The molecule has 3 N–H and O–H groups in total. The van der Waals surface area contributed by atoms with Crippen molar-refractivity contribution in [2.45, 2.75) is 18.5 Å². The van der Waals surface area contributed by atoms with Gasteiger partial charge < -0.3 is 11.1 Å². The fourth-order valence-corrected chi connectivity index (χ4v) is 3.02. The topological polar surface area (TPSA) is 50.4 Å². The molecule has 0 aliphatic carbocycles. The molecule has 2 aromatic rings. The van der Waals surface area contributed by atoms with Crippen LogP contribution in [-0.2, 0) is 0 Å². The van der Waals surface area contributed by atoms with E-state index in [0.717, 1.165) is 10.0 Å². The van der Waals surface area contributed by atoms with Crippen LogP contribution < -0.4 is 11.1 Å². The smallest absolute Gasteiger partial charge is 0.189 e. The van der Waals surface area contributed by atoms with Crippen molar-refractivity contribution in [3.63, 3.8) is 0 Å². The van der Waals surface area contributed by atoms with Crippen molar-refractivity contribution in [3.8, 4) is 0 Å². The van der Waals surface area contributed by atoms with Crippen molar-refractivity contribution in [2.75, 3.05) is 0 Å². The summed E-state index contributed by atoms with van der Waals surface area (Å²) in [5.41, 5.74) is 7.57. The van der Waals surface area contributed by atoms with Crippen molar-refractivity contribution >= 4 is 21.9 Å². The number of hydrogen-bond acceptors (Lipinski definition) is 3. The minimum atomic E-state index is -0.224. The Morgan fingerprint density at radius 3 is 2.76 bits per heavy atom. The summed E-state index contributed by atoms with van der Waals surface area (Å²) >= 11 is 3.46.